The zero-order valence-electron chi connectivity index (χ0n) is 20.2. The number of nitrogens with one attached hydrogen (secondary N) is 1. The van der Waals surface area contributed by atoms with Gasteiger partial charge in [0.05, 0.1) is 11.1 Å². The number of rotatable bonds is 5. The van der Waals surface area contributed by atoms with E-state index in [1.807, 2.05) is 12.1 Å². The highest BCUT2D eigenvalue weighted by atomic mass is 19.4. The Balaban J connectivity index is 0.000000289. The van der Waals surface area contributed by atoms with Gasteiger partial charge in [0.2, 0.25) is 0 Å². The number of carbonyl (C=O) groups excluding carboxylic acids is 1. The van der Waals surface area contributed by atoms with Gasteiger partial charge in [0.15, 0.2) is 5.54 Å². The van der Waals surface area contributed by atoms with Crippen LogP contribution in [0, 0.1) is 6.92 Å². The fourth-order valence-electron chi connectivity index (χ4n) is 3.86. The van der Waals surface area contributed by atoms with Gasteiger partial charge >= 0.3 is 12.1 Å². The number of hydrogen-bond donors (Lipinski definition) is 3. The average Bonchev–Trinajstić information content (AvgIpc) is 2.88. The first-order valence-corrected chi connectivity index (χ1v) is 11.5. The van der Waals surface area contributed by atoms with E-state index in [0.29, 0.717) is 10.9 Å². The summed E-state index contributed by atoms with van der Waals surface area (Å²) in [6.07, 6.45) is -4.06. The van der Waals surface area contributed by atoms with Crippen molar-refractivity contribution >= 4 is 22.6 Å². The lowest BCUT2D eigenvalue weighted by molar-refractivity contribution is -0.145. The van der Waals surface area contributed by atoms with Gasteiger partial charge in [-0.1, -0.05) is 85.3 Å². The van der Waals surface area contributed by atoms with E-state index in [9.17, 15) is 33.0 Å². The molecule has 0 aliphatic rings. The predicted molar refractivity (Wildman–Crippen MR) is 135 cm³/mol. The highest BCUT2D eigenvalue weighted by Crippen LogP contribution is 2.31. The van der Waals surface area contributed by atoms with E-state index >= 15 is 0 Å². The zero-order chi connectivity index (χ0) is 27.2. The highest BCUT2D eigenvalue weighted by Gasteiger charge is 2.40. The third-order valence-electron chi connectivity index (χ3n) is 6.01. The number of halogens is 3. The molecule has 192 valence electrons. The van der Waals surface area contributed by atoms with Crippen LogP contribution in [0.1, 0.15) is 40.4 Å². The molecule has 37 heavy (non-hydrogen) atoms. The molecular weight excluding hydrogens is 483 g/mol. The minimum absolute atomic E-state index is 0.0405. The van der Waals surface area contributed by atoms with Gasteiger partial charge in [0.1, 0.15) is 5.75 Å². The summed E-state index contributed by atoms with van der Waals surface area (Å²) in [5, 5.41) is 24.3. The van der Waals surface area contributed by atoms with Gasteiger partial charge in [-0.25, -0.2) is 4.79 Å². The second-order valence-corrected chi connectivity index (χ2v) is 8.43. The van der Waals surface area contributed by atoms with Crippen LogP contribution in [-0.4, -0.2) is 22.1 Å². The molecule has 0 bridgehead atoms. The normalized spacial score (nSPS) is 12.7. The van der Waals surface area contributed by atoms with Crippen molar-refractivity contribution in [1.29, 1.82) is 0 Å². The van der Waals surface area contributed by atoms with Crippen LogP contribution in [0.25, 0.3) is 10.8 Å². The Morgan fingerprint density at radius 1 is 0.811 bits per heavy atom. The number of carboxylic acids is 1. The Morgan fingerprint density at radius 3 is 1.97 bits per heavy atom. The van der Waals surface area contributed by atoms with Crippen LogP contribution in [0.4, 0.5) is 13.2 Å². The minimum atomic E-state index is -4.21. The molecule has 0 radical (unpaired) electrons. The van der Waals surface area contributed by atoms with Gasteiger partial charge in [-0.3, -0.25) is 4.79 Å². The summed E-state index contributed by atoms with van der Waals surface area (Å²) in [5.41, 5.74) is -0.820. The molecule has 0 heterocycles. The van der Waals surface area contributed by atoms with Crippen LogP contribution in [-0.2, 0) is 16.5 Å². The molecule has 8 heteroatoms. The SMILES string of the molecule is CCC(NC(=O)c1ccc2ccccc2c1O)(C(=O)O)c1ccccc1.Cc1ccc(C(F)(F)F)cc1. The first-order chi connectivity index (χ1) is 17.5. The number of phenols is 1. The van der Waals surface area contributed by atoms with E-state index in [2.05, 4.69) is 5.32 Å². The lowest BCUT2D eigenvalue weighted by Gasteiger charge is -2.30. The van der Waals surface area contributed by atoms with E-state index in [1.165, 1.54) is 18.2 Å². The minimum Gasteiger partial charge on any atom is -0.506 e. The zero-order valence-corrected chi connectivity index (χ0v) is 20.2. The van der Waals surface area contributed by atoms with E-state index in [4.69, 9.17) is 0 Å². The molecule has 4 aromatic rings. The summed E-state index contributed by atoms with van der Waals surface area (Å²) >= 11 is 0. The molecule has 0 aliphatic carbocycles. The van der Waals surface area contributed by atoms with Crippen LogP contribution in [0.5, 0.6) is 5.75 Å². The monoisotopic (exact) mass is 509 g/mol. The summed E-state index contributed by atoms with van der Waals surface area (Å²) in [6, 6.07) is 24.0. The van der Waals surface area contributed by atoms with E-state index < -0.39 is 29.2 Å². The molecule has 0 fully saturated rings. The van der Waals surface area contributed by atoms with Crippen LogP contribution in [0.3, 0.4) is 0 Å². The quantitative estimate of drug-likeness (QED) is 0.280. The van der Waals surface area contributed by atoms with Crippen molar-refractivity contribution < 1.29 is 33.0 Å². The molecule has 0 saturated carbocycles. The summed E-state index contributed by atoms with van der Waals surface area (Å²) in [7, 11) is 0. The molecule has 4 rings (SSSR count). The number of benzene rings is 4. The first-order valence-electron chi connectivity index (χ1n) is 11.5. The average molecular weight is 510 g/mol. The number of alkyl halides is 3. The van der Waals surface area contributed by atoms with Crippen molar-refractivity contribution in [1.82, 2.24) is 5.32 Å². The number of fused-ring (bicyclic) bond motifs is 1. The van der Waals surface area contributed by atoms with Crippen molar-refractivity contribution in [2.24, 2.45) is 0 Å². The lowest BCUT2D eigenvalue weighted by atomic mass is 9.86. The van der Waals surface area contributed by atoms with E-state index in [0.717, 1.165) is 23.1 Å². The molecule has 1 atom stereocenters. The van der Waals surface area contributed by atoms with Gasteiger partial charge in [-0.2, -0.15) is 13.2 Å². The number of aryl methyl sites for hydroxylation is 1. The fourth-order valence-corrected chi connectivity index (χ4v) is 3.86. The maximum atomic E-state index is 12.8. The number of carboxylic acid groups (broad SMARTS) is 1. The molecule has 5 nitrogen and oxygen atoms in total. The lowest BCUT2D eigenvalue weighted by Crippen LogP contribution is -2.51. The molecular formula is C29H26F3NO4. The van der Waals surface area contributed by atoms with Gasteiger partial charge in [-0.15, -0.1) is 0 Å². The van der Waals surface area contributed by atoms with Crippen LogP contribution in [0.15, 0.2) is 91.0 Å². The Morgan fingerprint density at radius 2 is 1.41 bits per heavy atom. The van der Waals surface area contributed by atoms with Crippen LogP contribution < -0.4 is 5.32 Å². The Bertz CT molecular complexity index is 1390. The topological polar surface area (TPSA) is 86.6 Å². The molecule has 1 unspecified atom stereocenters. The number of aliphatic carboxylic acids is 1. The standard InChI is InChI=1S/C21H19NO4.C8H7F3/c1-2-21(20(25)26,15-9-4-3-5-10-15)22-19(24)17-13-12-14-8-6-7-11-16(14)18(17)23;1-6-2-4-7(5-3-6)8(9,10)11/h3-13,23H,2H2,1H3,(H,22,24)(H,25,26);2-5H,1H3. The van der Waals surface area contributed by atoms with Gasteiger partial charge in [-0.05, 0) is 42.5 Å². The van der Waals surface area contributed by atoms with Crippen LogP contribution >= 0.6 is 0 Å². The maximum absolute atomic E-state index is 12.8. The first kappa shape index (κ1) is 27.3. The molecule has 1 amide bonds. The maximum Gasteiger partial charge on any atom is 0.416 e. The second-order valence-electron chi connectivity index (χ2n) is 8.43. The van der Waals surface area contributed by atoms with Crippen molar-refractivity contribution in [2.45, 2.75) is 32.0 Å². The smallest absolute Gasteiger partial charge is 0.416 e. The second kappa shape index (κ2) is 11.2. The van der Waals surface area contributed by atoms with Crippen molar-refractivity contribution in [3.05, 3.63) is 113 Å². The molecule has 3 N–H and O–H groups in total. The summed E-state index contributed by atoms with van der Waals surface area (Å²) in [5.74, 6) is -1.95. The molecule has 4 aromatic carbocycles. The Labute approximate surface area is 212 Å². The third-order valence-corrected chi connectivity index (χ3v) is 6.01. The van der Waals surface area contributed by atoms with E-state index in [-0.39, 0.29) is 17.7 Å². The number of aromatic hydroxyl groups is 1. The summed E-state index contributed by atoms with van der Waals surface area (Å²) in [4.78, 5) is 24.9. The Kier molecular flexibility index (Phi) is 8.22. The number of amides is 1. The third kappa shape index (κ3) is 6.09. The predicted octanol–water partition coefficient (Wildman–Crippen LogP) is 6.68. The van der Waals surface area contributed by atoms with E-state index in [1.54, 1.807) is 62.4 Å². The number of carbonyl (C=O) groups is 2. The molecule has 0 saturated heterocycles. The van der Waals surface area contributed by atoms with Gasteiger partial charge < -0.3 is 15.5 Å². The highest BCUT2D eigenvalue weighted by molar-refractivity contribution is 6.05. The largest absolute Gasteiger partial charge is 0.506 e. The molecule has 0 spiro atoms. The summed E-state index contributed by atoms with van der Waals surface area (Å²) < 4.78 is 35.8. The number of phenolic OH excluding ortho intramolecular Hbond substituents is 1. The van der Waals surface area contributed by atoms with Gasteiger partial charge in [0, 0.05) is 5.39 Å². The number of hydrogen-bond acceptors (Lipinski definition) is 3. The van der Waals surface area contributed by atoms with Crippen molar-refractivity contribution in [3.63, 3.8) is 0 Å². The van der Waals surface area contributed by atoms with Crippen molar-refractivity contribution in [3.8, 4) is 5.75 Å². The fraction of sp³-hybridized carbons (Fsp3) is 0.172. The van der Waals surface area contributed by atoms with Crippen molar-refractivity contribution in [2.75, 3.05) is 0 Å². The van der Waals surface area contributed by atoms with Gasteiger partial charge in [0.25, 0.3) is 5.91 Å². The Hall–Kier alpha value is -4.33. The molecule has 0 aromatic heterocycles. The molecule has 0 aliphatic heterocycles. The summed E-state index contributed by atoms with van der Waals surface area (Å²) in [6.45, 7) is 3.45. The van der Waals surface area contributed by atoms with Crippen LogP contribution in [0.2, 0.25) is 0 Å².